The molecule has 0 spiro atoms. The number of thiophene rings is 1. The van der Waals surface area contributed by atoms with Crippen molar-refractivity contribution in [1.29, 1.82) is 0 Å². The van der Waals surface area contributed by atoms with E-state index in [1.807, 2.05) is 43.9 Å². The van der Waals surface area contributed by atoms with Crippen molar-refractivity contribution in [3.05, 3.63) is 46.5 Å². The van der Waals surface area contributed by atoms with Crippen LogP contribution in [0.3, 0.4) is 0 Å². The molecular weight excluding hydrogens is 360 g/mol. The van der Waals surface area contributed by atoms with Gasteiger partial charge in [-0.3, -0.25) is 4.79 Å². The molecule has 142 valence electrons. The average molecular weight is 385 g/mol. The number of hydrogen-bond acceptors (Lipinski definition) is 5. The quantitative estimate of drug-likeness (QED) is 0.751. The molecule has 6 nitrogen and oxygen atoms in total. The van der Waals surface area contributed by atoms with Crippen molar-refractivity contribution in [2.45, 2.75) is 25.9 Å². The number of ether oxygens (including phenoxy) is 1. The largest absolute Gasteiger partial charge is 0.378 e. The Morgan fingerprint density at radius 1 is 1.30 bits per heavy atom. The first kappa shape index (κ1) is 18.2. The second-order valence-electron chi connectivity index (χ2n) is 7.26. The smallest absolute Gasteiger partial charge is 0.261 e. The molecule has 0 aliphatic carbocycles. The fraction of sp³-hybridized carbons (Fsp3) is 0.400. The molecular formula is C20H24N4O2S. The van der Waals surface area contributed by atoms with E-state index >= 15 is 0 Å². The Bertz CT molecular complexity index is 991. The predicted molar refractivity (Wildman–Crippen MR) is 108 cm³/mol. The molecule has 1 N–H and O–H groups in total. The van der Waals surface area contributed by atoms with Gasteiger partial charge in [0.15, 0.2) is 0 Å². The third kappa shape index (κ3) is 3.26. The van der Waals surface area contributed by atoms with Gasteiger partial charge in [-0.05, 0) is 45.6 Å². The van der Waals surface area contributed by atoms with E-state index < -0.39 is 0 Å². The summed E-state index contributed by atoms with van der Waals surface area (Å²) in [6.07, 6.45) is 0. The molecule has 7 heteroatoms. The van der Waals surface area contributed by atoms with E-state index in [2.05, 4.69) is 34.4 Å². The molecule has 27 heavy (non-hydrogen) atoms. The van der Waals surface area contributed by atoms with Crippen LogP contribution in [-0.2, 0) is 4.74 Å². The zero-order valence-corrected chi connectivity index (χ0v) is 16.8. The lowest BCUT2D eigenvalue weighted by Gasteiger charge is -2.24. The summed E-state index contributed by atoms with van der Waals surface area (Å²) < 4.78 is 7.50. The van der Waals surface area contributed by atoms with Gasteiger partial charge in [0.2, 0.25) is 0 Å². The third-order valence-corrected chi connectivity index (χ3v) is 6.25. The zero-order valence-electron chi connectivity index (χ0n) is 16.0. The zero-order chi connectivity index (χ0) is 19.1. The van der Waals surface area contributed by atoms with Gasteiger partial charge in [0, 0.05) is 5.39 Å². The molecule has 1 fully saturated rings. The maximum absolute atomic E-state index is 12.9. The first-order valence-corrected chi connectivity index (χ1v) is 9.87. The van der Waals surface area contributed by atoms with Crippen molar-refractivity contribution in [2.75, 3.05) is 27.3 Å². The normalized spacial score (nSPS) is 19.9. The van der Waals surface area contributed by atoms with Crippen LogP contribution in [0.15, 0.2) is 30.3 Å². The summed E-state index contributed by atoms with van der Waals surface area (Å²) in [5.41, 5.74) is 3.12. The monoisotopic (exact) mass is 384 g/mol. The molecule has 1 saturated heterocycles. The first-order chi connectivity index (χ1) is 13.0. The highest BCUT2D eigenvalue weighted by Gasteiger charge is 2.31. The van der Waals surface area contributed by atoms with Crippen molar-refractivity contribution in [1.82, 2.24) is 20.0 Å². The number of aromatic nitrogens is 2. The van der Waals surface area contributed by atoms with Crippen molar-refractivity contribution < 1.29 is 9.53 Å². The highest BCUT2D eigenvalue weighted by molar-refractivity contribution is 7.20. The standard InChI is InChI=1S/C20H24N4O2S/c1-12-7-5-6-8-16(12)24-20-14(13(2)22-24)9-18(27-20)19(25)21-15-10-26-11-17(15)23(3)4/h5-9,15,17H,10-11H2,1-4H3,(H,21,25)/t15-,17-/m1/s1. The van der Waals surface area contributed by atoms with E-state index in [0.29, 0.717) is 18.1 Å². The third-order valence-electron chi connectivity index (χ3n) is 5.14. The highest BCUT2D eigenvalue weighted by atomic mass is 32.1. The number of carbonyl (C=O) groups is 1. The Labute approximate surface area is 162 Å². The van der Waals surface area contributed by atoms with Crippen LogP contribution in [0.5, 0.6) is 0 Å². The first-order valence-electron chi connectivity index (χ1n) is 9.06. The number of para-hydroxylation sites is 1. The maximum Gasteiger partial charge on any atom is 0.261 e. The fourth-order valence-corrected chi connectivity index (χ4v) is 4.63. The van der Waals surface area contributed by atoms with Crippen molar-refractivity contribution >= 4 is 27.5 Å². The molecule has 0 bridgehead atoms. The summed E-state index contributed by atoms with van der Waals surface area (Å²) in [4.78, 5) is 16.7. The Morgan fingerprint density at radius 3 is 2.81 bits per heavy atom. The van der Waals surface area contributed by atoms with Crippen LogP contribution in [0, 0.1) is 13.8 Å². The van der Waals surface area contributed by atoms with Crippen LogP contribution in [0.4, 0.5) is 0 Å². The van der Waals surface area contributed by atoms with Gasteiger partial charge in [0.05, 0.1) is 41.6 Å². The van der Waals surface area contributed by atoms with Gasteiger partial charge in [-0.15, -0.1) is 11.3 Å². The SMILES string of the molecule is Cc1ccccc1-n1nc(C)c2cc(C(=O)N[C@@H]3COC[C@H]3N(C)C)sc21. The second-order valence-corrected chi connectivity index (χ2v) is 8.29. The number of nitrogens with zero attached hydrogens (tertiary/aromatic N) is 3. The van der Waals surface area contributed by atoms with E-state index in [4.69, 9.17) is 4.74 Å². The molecule has 1 aliphatic heterocycles. The molecule has 4 rings (SSSR count). The van der Waals surface area contributed by atoms with E-state index in [-0.39, 0.29) is 18.0 Å². The number of benzene rings is 1. The number of amides is 1. The van der Waals surface area contributed by atoms with Gasteiger partial charge in [-0.2, -0.15) is 5.10 Å². The van der Waals surface area contributed by atoms with E-state index in [1.165, 1.54) is 11.3 Å². The number of hydrogen-bond donors (Lipinski definition) is 1. The van der Waals surface area contributed by atoms with E-state index in [1.54, 1.807) is 0 Å². The molecule has 2 atom stereocenters. The number of carbonyl (C=O) groups excluding carboxylic acids is 1. The summed E-state index contributed by atoms with van der Waals surface area (Å²) in [5, 5.41) is 8.86. The Kier molecular flexibility index (Phi) is 4.75. The summed E-state index contributed by atoms with van der Waals surface area (Å²) in [5.74, 6) is -0.0470. The summed E-state index contributed by atoms with van der Waals surface area (Å²) in [7, 11) is 4.02. The van der Waals surface area contributed by atoms with E-state index in [0.717, 1.165) is 27.2 Å². The lowest BCUT2D eigenvalue weighted by Crippen LogP contribution is -2.48. The van der Waals surface area contributed by atoms with Gasteiger partial charge >= 0.3 is 0 Å². The van der Waals surface area contributed by atoms with Gasteiger partial charge < -0.3 is 15.0 Å². The van der Waals surface area contributed by atoms with Crippen molar-refractivity contribution in [2.24, 2.45) is 0 Å². The molecule has 3 heterocycles. The van der Waals surface area contributed by atoms with Crippen molar-refractivity contribution in [3.63, 3.8) is 0 Å². The average Bonchev–Trinajstić information content (AvgIpc) is 3.32. The van der Waals surface area contributed by atoms with Crippen molar-refractivity contribution in [3.8, 4) is 5.69 Å². The molecule has 2 aromatic heterocycles. The van der Waals surface area contributed by atoms with Crippen LogP contribution >= 0.6 is 11.3 Å². The highest BCUT2D eigenvalue weighted by Crippen LogP contribution is 2.31. The van der Waals surface area contributed by atoms with Crippen LogP contribution in [0.2, 0.25) is 0 Å². The van der Waals surface area contributed by atoms with Gasteiger partial charge in [0.25, 0.3) is 5.91 Å². The Balaban J connectivity index is 1.65. The topological polar surface area (TPSA) is 59.4 Å². The maximum atomic E-state index is 12.9. The van der Waals surface area contributed by atoms with Crippen LogP contribution < -0.4 is 5.32 Å². The molecule has 0 unspecified atom stereocenters. The fourth-order valence-electron chi connectivity index (χ4n) is 3.55. The molecule has 3 aromatic rings. The molecule has 0 radical (unpaired) electrons. The molecule has 0 saturated carbocycles. The minimum atomic E-state index is -0.0470. The number of likely N-dealkylation sites (N-methyl/N-ethyl adjacent to an activating group) is 1. The molecule has 1 aliphatic rings. The number of aryl methyl sites for hydroxylation is 2. The van der Waals surface area contributed by atoms with Gasteiger partial charge in [-0.1, -0.05) is 18.2 Å². The Morgan fingerprint density at radius 2 is 2.07 bits per heavy atom. The second kappa shape index (κ2) is 7.07. The minimum Gasteiger partial charge on any atom is -0.378 e. The lowest BCUT2D eigenvalue weighted by atomic mass is 10.1. The van der Waals surface area contributed by atoms with Crippen LogP contribution in [-0.4, -0.2) is 60.0 Å². The minimum absolute atomic E-state index is 0.00618. The van der Waals surface area contributed by atoms with Crippen LogP contribution in [0.25, 0.3) is 15.9 Å². The number of rotatable bonds is 4. The molecule has 1 aromatic carbocycles. The summed E-state index contributed by atoms with van der Waals surface area (Å²) >= 11 is 1.48. The Hall–Kier alpha value is -2.22. The number of fused-ring (bicyclic) bond motifs is 1. The van der Waals surface area contributed by atoms with Gasteiger partial charge in [0.1, 0.15) is 4.83 Å². The summed E-state index contributed by atoms with van der Waals surface area (Å²) in [6.45, 7) is 5.25. The predicted octanol–water partition coefficient (Wildman–Crippen LogP) is 2.76. The van der Waals surface area contributed by atoms with E-state index in [9.17, 15) is 4.79 Å². The van der Waals surface area contributed by atoms with Crippen LogP contribution in [0.1, 0.15) is 20.9 Å². The lowest BCUT2D eigenvalue weighted by molar-refractivity contribution is 0.0925. The van der Waals surface area contributed by atoms with Gasteiger partial charge in [-0.25, -0.2) is 4.68 Å². The summed E-state index contributed by atoms with van der Waals surface area (Å²) in [6, 6.07) is 10.3. The molecule has 1 amide bonds. The number of nitrogens with one attached hydrogen (secondary N) is 1.